The Morgan fingerprint density at radius 2 is 1.93 bits per heavy atom. The third kappa shape index (κ3) is 4.18. The predicted molar refractivity (Wildman–Crippen MR) is 46.1 cm³/mol. The van der Waals surface area contributed by atoms with Gasteiger partial charge in [0.1, 0.15) is 0 Å². The summed E-state index contributed by atoms with van der Waals surface area (Å²) in [5, 5.41) is 8.49. The molecule has 1 atom stereocenters. The van der Waals surface area contributed by atoms with Crippen molar-refractivity contribution in [3.05, 3.63) is 34.7 Å². The Balaban J connectivity index is 2.65. The van der Waals surface area contributed by atoms with Crippen LogP contribution in [0.1, 0.15) is 5.56 Å². The molecule has 2 N–H and O–H groups in total. The van der Waals surface area contributed by atoms with Gasteiger partial charge in [-0.1, -0.05) is 0 Å². The van der Waals surface area contributed by atoms with Gasteiger partial charge in [0.15, 0.2) is 0 Å². The summed E-state index contributed by atoms with van der Waals surface area (Å²) >= 11 is 0. The van der Waals surface area contributed by atoms with E-state index in [9.17, 15) is 14.4 Å². The van der Waals surface area contributed by atoms with Crippen LogP contribution in [0.15, 0.2) is 24.3 Å². The van der Waals surface area contributed by atoms with Gasteiger partial charge in [-0.05, 0) is 17.7 Å². The molecule has 0 saturated heterocycles. The van der Waals surface area contributed by atoms with Crippen molar-refractivity contribution in [1.82, 2.24) is 0 Å². The predicted octanol–water partition coefficient (Wildman–Crippen LogP) is 0.463. The number of phosphoric ester groups is 1. The molecular weight excluding hydrogens is 225 g/mol. The third-order valence-electron chi connectivity index (χ3n) is 1.55. The highest BCUT2D eigenvalue weighted by molar-refractivity contribution is 7.44. The highest BCUT2D eigenvalue weighted by Crippen LogP contribution is 2.31. The fourth-order valence-corrected chi connectivity index (χ4v) is 1.19. The van der Waals surface area contributed by atoms with E-state index in [1.54, 1.807) is 0 Å². The van der Waals surface area contributed by atoms with Gasteiger partial charge in [0.25, 0.3) is 12.7 Å². The summed E-state index contributed by atoms with van der Waals surface area (Å²) in [6.45, 7) is -0.332. The molecule has 82 valence electrons. The molecule has 1 aromatic rings. The zero-order valence-electron chi connectivity index (χ0n) is 7.44. The van der Waals surface area contributed by atoms with Crippen LogP contribution in [0.5, 0.6) is 0 Å². The van der Waals surface area contributed by atoms with Crippen LogP contribution in [-0.4, -0.2) is 15.0 Å². The van der Waals surface area contributed by atoms with E-state index in [1.165, 1.54) is 24.3 Å². The molecule has 0 spiro atoms. The van der Waals surface area contributed by atoms with Crippen LogP contribution in [0.25, 0.3) is 0 Å². The van der Waals surface area contributed by atoms with Gasteiger partial charge in [0.2, 0.25) is 0 Å². The van der Waals surface area contributed by atoms with Gasteiger partial charge in [-0.2, -0.15) is 0 Å². The van der Waals surface area contributed by atoms with E-state index >= 15 is 0 Å². The van der Waals surface area contributed by atoms with Crippen LogP contribution in [0.4, 0.5) is 5.69 Å². The molecule has 0 aliphatic rings. The molecule has 15 heavy (non-hydrogen) atoms. The van der Waals surface area contributed by atoms with Gasteiger partial charge >= 0.3 is 5.69 Å². The van der Waals surface area contributed by atoms with Crippen molar-refractivity contribution in [2.75, 3.05) is 0 Å². The fraction of sp³-hybridized carbons (Fsp3) is 0.143. The second kappa shape index (κ2) is 4.50. The van der Waals surface area contributed by atoms with E-state index in [0.717, 1.165) is 0 Å². The average Bonchev–Trinajstić information content (AvgIpc) is 2.14. The van der Waals surface area contributed by atoms with Gasteiger partial charge in [0.05, 0.1) is 11.5 Å². The first-order valence-corrected chi connectivity index (χ1v) is 5.31. The van der Waals surface area contributed by atoms with Crippen LogP contribution < -0.4 is 4.89 Å². The molecule has 0 aliphatic carbocycles. The molecule has 1 unspecified atom stereocenters. The molecule has 0 fully saturated rings. The van der Waals surface area contributed by atoms with E-state index in [2.05, 4.69) is 4.52 Å². The third-order valence-corrected chi connectivity index (χ3v) is 2.01. The van der Waals surface area contributed by atoms with Crippen LogP contribution >= 0.6 is 7.82 Å². The van der Waals surface area contributed by atoms with Crippen molar-refractivity contribution in [2.45, 2.75) is 6.61 Å². The van der Waals surface area contributed by atoms with Gasteiger partial charge in [0, 0.05) is 12.1 Å². The highest BCUT2D eigenvalue weighted by Gasteiger charge is 2.10. The lowest BCUT2D eigenvalue weighted by molar-refractivity contribution is -0.729. The maximum absolute atomic E-state index is 10.4. The number of phosphoric acid groups is 1. The number of hydrogen-bond acceptors (Lipinski definition) is 4. The van der Waals surface area contributed by atoms with Crippen molar-refractivity contribution in [2.24, 2.45) is 0 Å². The summed E-state index contributed by atoms with van der Waals surface area (Å²) in [4.78, 5) is 28.6. The maximum Gasteiger partial charge on any atom is 0.316 e. The Hall–Kier alpha value is -1.27. The maximum atomic E-state index is 10.4. The second-order valence-electron chi connectivity index (χ2n) is 2.68. The molecule has 8 heteroatoms. The Morgan fingerprint density at radius 3 is 2.33 bits per heavy atom. The largest absolute Gasteiger partial charge is 0.756 e. The number of nitrogens with zero attached hydrogens (tertiary/aromatic N) is 1. The lowest BCUT2D eigenvalue weighted by atomic mass is 10.2. The average molecular weight is 233 g/mol. The first-order valence-electron chi connectivity index (χ1n) is 3.82. The monoisotopic (exact) mass is 233 g/mol. The summed E-state index contributed by atoms with van der Waals surface area (Å²) in [7, 11) is -4.73. The SMILES string of the molecule is O=[N+](O)c1ccc(COP(=O)([O-])O)cc1. The minimum absolute atomic E-state index is 0.00746. The Kier molecular flexibility index (Phi) is 3.54. The Bertz CT molecular complexity index is 396. The van der Waals surface area contributed by atoms with E-state index in [-0.39, 0.29) is 17.2 Å². The zero-order valence-corrected chi connectivity index (χ0v) is 8.33. The Morgan fingerprint density at radius 1 is 1.40 bits per heavy atom. The normalized spacial score (nSPS) is 14.5. The minimum Gasteiger partial charge on any atom is -0.756 e. The lowest BCUT2D eigenvalue weighted by Gasteiger charge is -2.14. The fourth-order valence-electron chi connectivity index (χ4n) is 0.876. The molecule has 0 bridgehead atoms. The summed E-state index contributed by atoms with van der Waals surface area (Å²) in [6.07, 6.45) is 0. The van der Waals surface area contributed by atoms with Crippen LogP contribution in [-0.2, 0) is 15.7 Å². The van der Waals surface area contributed by atoms with E-state index < -0.39 is 7.82 Å². The molecular formula is C7H8NO6P. The van der Waals surface area contributed by atoms with Crippen molar-refractivity contribution in [3.63, 3.8) is 0 Å². The van der Waals surface area contributed by atoms with Crippen molar-refractivity contribution < 1.29 is 29.0 Å². The van der Waals surface area contributed by atoms with Gasteiger partial charge in [-0.15, -0.1) is 0 Å². The van der Waals surface area contributed by atoms with E-state index in [1.807, 2.05) is 0 Å². The quantitative estimate of drug-likeness (QED) is 0.577. The summed E-state index contributed by atoms with van der Waals surface area (Å²) in [5.41, 5.74) is 0.443. The summed E-state index contributed by atoms with van der Waals surface area (Å²) in [6, 6.07) is 5.32. The molecule has 0 heterocycles. The highest BCUT2D eigenvalue weighted by atomic mass is 31.2. The number of rotatable bonds is 4. The van der Waals surface area contributed by atoms with Gasteiger partial charge in [-0.25, -0.2) is 5.21 Å². The molecule has 0 radical (unpaired) electrons. The second-order valence-corrected chi connectivity index (χ2v) is 3.88. The van der Waals surface area contributed by atoms with Gasteiger partial charge in [-0.3, -0.25) is 4.57 Å². The summed E-state index contributed by atoms with van der Waals surface area (Å²) in [5.74, 6) is 0. The summed E-state index contributed by atoms with van der Waals surface area (Å²) < 4.78 is 14.4. The first-order chi connectivity index (χ1) is 6.88. The van der Waals surface area contributed by atoms with Crippen molar-refractivity contribution >= 4 is 13.5 Å². The standard InChI is InChI=1S/C7H8NO6P/c9-8(10)7-3-1-6(2-4-7)5-14-15(11,12)13/h1-4H,5H2,(H2-,9,10,11,12,13). The Labute approximate surface area is 84.7 Å². The van der Waals surface area contributed by atoms with Crippen molar-refractivity contribution in [1.29, 1.82) is 0 Å². The molecule has 1 aromatic carbocycles. The van der Waals surface area contributed by atoms with E-state index in [0.29, 0.717) is 5.56 Å². The smallest absolute Gasteiger partial charge is 0.316 e. The lowest BCUT2D eigenvalue weighted by Crippen LogP contribution is -2.03. The first kappa shape index (κ1) is 11.8. The van der Waals surface area contributed by atoms with Crippen LogP contribution in [0.3, 0.4) is 0 Å². The molecule has 7 nitrogen and oxygen atoms in total. The minimum atomic E-state index is -4.73. The molecule has 0 saturated carbocycles. The van der Waals surface area contributed by atoms with E-state index in [4.69, 9.17) is 10.1 Å². The van der Waals surface area contributed by atoms with Gasteiger partial charge < -0.3 is 14.3 Å². The van der Waals surface area contributed by atoms with Crippen LogP contribution in [0, 0.1) is 4.91 Å². The zero-order chi connectivity index (χ0) is 11.5. The van der Waals surface area contributed by atoms with Crippen molar-refractivity contribution in [3.8, 4) is 0 Å². The number of benzene rings is 1. The van der Waals surface area contributed by atoms with Crippen LogP contribution in [0.2, 0.25) is 0 Å². The molecule has 0 amide bonds. The topological polar surface area (TPSA) is 110 Å². The molecule has 0 aliphatic heterocycles. The molecule has 1 rings (SSSR count). The number of hydrogen-bond donors (Lipinski definition) is 2. The molecule has 0 aromatic heterocycles.